The first-order chi connectivity index (χ1) is 13.3. The average molecular weight is 449 g/mol. The number of benzene rings is 1. The van der Waals surface area contributed by atoms with Crippen molar-refractivity contribution in [2.45, 2.75) is 38.8 Å². The van der Waals surface area contributed by atoms with Crippen molar-refractivity contribution in [2.75, 3.05) is 13.6 Å². The molecule has 1 fully saturated rings. The molecule has 150 valence electrons. The number of amides is 2. The number of nitrogens with zero attached hydrogens (tertiary/aromatic N) is 3. The molecule has 1 aromatic heterocycles. The Morgan fingerprint density at radius 2 is 2.00 bits per heavy atom. The summed E-state index contributed by atoms with van der Waals surface area (Å²) in [6.45, 7) is 4.34. The Morgan fingerprint density at radius 1 is 1.32 bits per heavy atom. The number of rotatable bonds is 5. The van der Waals surface area contributed by atoms with Gasteiger partial charge in [-0.05, 0) is 36.5 Å². The normalized spacial score (nSPS) is 17.8. The largest absolute Gasteiger partial charge is 0.465 e. The zero-order chi connectivity index (χ0) is 20.4. The maximum atomic E-state index is 13.2. The van der Waals surface area contributed by atoms with Gasteiger partial charge in [0.05, 0.1) is 17.9 Å². The van der Waals surface area contributed by atoms with Crippen molar-refractivity contribution in [2.24, 2.45) is 5.92 Å². The maximum absolute atomic E-state index is 13.2. The lowest BCUT2D eigenvalue weighted by atomic mass is 10.0. The summed E-state index contributed by atoms with van der Waals surface area (Å²) < 4.78 is 1.01. The molecule has 1 aromatic carbocycles. The van der Waals surface area contributed by atoms with Crippen LogP contribution in [0.4, 0.5) is 4.79 Å². The predicted octanol–water partition coefficient (Wildman–Crippen LogP) is 4.14. The van der Waals surface area contributed by atoms with Crippen molar-refractivity contribution < 1.29 is 14.7 Å². The highest BCUT2D eigenvalue weighted by atomic mass is 79.9. The van der Waals surface area contributed by atoms with Crippen LogP contribution in [-0.4, -0.2) is 56.5 Å². The molecule has 7 nitrogen and oxygen atoms in total. The fraction of sp³-hybridized carbons (Fsp3) is 0.450. The third kappa shape index (κ3) is 4.06. The van der Waals surface area contributed by atoms with Crippen LogP contribution in [-0.2, 0) is 4.79 Å². The summed E-state index contributed by atoms with van der Waals surface area (Å²) >= 11 is 3.43. The fourth-order valence-electron chi connectivity index (χ4n) is 3.78. The molecular weight excluding hydrogens is 424 g/mol. The van der Waals surface area contributed by atoms with Gasteiger partial charge in [0.1, 0.15) is 11.9 Å². The van der Waals surface area contributed by atoms with Gasteiger partial charge < -0.3 is 15.0 Å². The first-order valence-electron chi connectivity index (χ1n) is 9.36. The summed E-state index contributed by atoms with van der Waals surface area (Å²) in [6.07, 6.45) is 2.36. The SMILES string of the molecule is CC(C)[C@@H](C(=O)N1CCC[C@H]1c1ncc(-c2ccc(Br)cc2)[nH]1)N(C)C(=O)O. The van der Waals surface area contributed by atoms with Gasteiger partial charge in [0.15, 0.2) is 0 Å². The fourth-order valence-corrected chi connectivity index (χ4v) is 4.05. The van der Waals surface area contributed by atoms with E-state index in [1.807, 2.05) is 38.1 Å². The van der Waals surface area contributed by atoms with Crippen LogP contribution in [0.15, 0.2) is 34.9 Å². The number of aromatic amines is 1. The Balaban J connectivity index is 1.83. The van der Waals surface area contributed by atoms with Crippen LogP contribution < -0.4 is 0 Å². The number of likely N-dealkylation sites (tertiary alicyclic amines) is 1. The van der Waals surface area contributed by atoms with Crippen LogP contribution >= 0.6 is 15.9 Å². The zero-order valence-corrected chi connectivity index (χ0v) is 17.8. The van der Waals surface area contributed by atoms with Crippen LogP contribution in [0.3, 0.4) is 0 Å². The van der Waals surface area contributed by atoms with Crippen molar-refractivity contribution in [3.63, 3.8) is 0 Å². The minimum absolute atomic E-state index is 0.121. The van der Waals surface area contributed by atoms with Gasteiger partial charge in [-0.1, -0.05) is 41.9 Å². The van der Waals surface area contributed by atoms with Crippen LogP contribution in [0.2, 0.25) is 0 Å². The number of nitrogens with one attached hydrogen (secondary N) is 1. The first kappa shape index (κ1) is 20.4. The van der Waals surface area contributed by atoms with Gasteiger partial charge >= 0.3 is 6.09 Å². The van der Waals surface area contributed by atoms with Crippen LogP contribution in [0, 0.1) is 5.92 Å². The summed E-state index contributed by atoms with van der Waals surface area (Å²) in [5, 5.41) is 9.36. The van der Waals surface area contributed by atoms with Crippen molar-refractivity contribution in [1.29, 1.82) is 0 Å². The Bertz CT molecular complexity index is 849. The van der Waals surface area contributed by atoms with Gasteiger partial charge in [-0.3, -0.25) is 9.69 Å². The molecule has 2 aromatic rings. The maximum Gasteiger partial charge on any atom is 0.407 e. The lowest BCUT2D eigenvalue weighted by Gasteiger charge is -2.33. The minimum Gasteiger partial charge on any atom is -0.465 e. The summed E-state index contributed by atoms with van der Waals surface area (Å²) in [5.41, 5.74) is 1.91. The second-order valence-electron chi connectivity index (χ2n) is 7.46. The number of hydrogen-bond donors (Lipinski definition) is 2. The molecule has 0 radical (unpaired) electrons. The highest BCUT2D eigenvalue weighted by Crippen LogP contribution is 2.33. The van der Waals surface area contributed by atoms with E-state index in [2.05, 4.69) is 25.9 Å². The highest BCUT2D eigenvalue weighted by Gasteiger charge is 2.39. The van der Waals surface area contributed by atoms with E-state index in [1.165, 1.54) is 7.05 Å². The summed E-state index contributed by atoms with van der Waals surface area (Å²) in [4.78, 5) is 35.4. The molecule has 0 saturated carbocycles. The minimum atomic E-state index is -1.10. The van der Waals surface area contributed by atoms with E-state index in [0.29, 0.717) is 6.54 Å². The monoisotopic (exact) mass is 448 g/mol. The molecule has 1 aliphatic heterocycles. The predicted molar refractivity (Wildman–Crippen MR) is 110 cm³/mol. The third-order valence-corrected chi connectivity index (χ3v) is 5.73. The van der Waals surface area contributed by atoms with Gasteiger partial charge in [0, 0.05) is 18.1 Å². The van der Waals surface area contributed by atoms with Crippen molar-refractivity contribution >= 4 is 27.9 Å². The number of carboxylic acid groups (broad SMARTS) is 1. The molecule has 2 N–H and O–H groups in total. The molecule has 2 heterocycles. The molecule has 0 bridgehead atoms. The quantitative estimate of drug-likeness (QED) is 0.718. The van der Waals surface area contributed by atoms with Crippen molar-refractivity contribution in [3.05, 3.63) is 40.8 Å². The molecule has 0 spiro atoms. The second kappa shape index (κ2) is 8.34. The van der Waals surface area contributed by atoms with E-state index >= 15 is 0 Å². The van der Waals surface area contributed by atoms with E-state index < -0.39 is 12.1 Å². The van der Waals surface area contributed by atoms with E-state index in [1.54, 1.807) is 11.1 Å². The Kier molecular flexibility index (Phi) is 6.07. The highest BCUT2D eigenvalue weighted by molar-refractivity contribution is 9.10. The van der Waals surface area contributed by atoms with E-state index in [4.69, 9.17) is 0 Å². The third-order valence-electron chi connectivity index (χ3n) is 5.21. The van der Waals surface area contributed by atoms with Crippen molar-refractivity contribution in [1.82, 2.24) is 19.8 Å². The van der Waals surface area contributed by atoms with Gasteiger partial charge in [-0.2, -0.15) is 0 Å². The summed E-state index contributed by atoms with van der Waals surface area (Å²) in [7, 11) is 1.45. The Hall–Kier alpha value is -2.35. The summed E-state index contributed by atoms with van der Waals surface area (Å²) in [5.74, 6) is 0.457. The summed E-state index contributed by atoms with van der Waals surface area (Å²) in [6, 6.07) is 7.05. The van der Waals surface area contributed by atoms with Gasteiger partial charge in [0.2, 0.25) is 5.91 Å². The Labute approximate surface area is 172 Å². The van der Waals surface area contributed by atoms with Gasteiger partial charge in [-0.25, -0.2) is 9.78 Å². The number of hydrogen-bond acceptors (Lipinski definition) is 3. The van der Waals surface area contributed by atoms with Crippen LogP contribution in [0.5, 0.6) is 0 Å². The topological polar surface area (TPSA) is 89.5 Å². The molecule has 28 heavy (non-hydrogen) atoms. The standard InChI is InChI=1S/C20H25BrN4O3/c1-12(2)17(24(3)20(27)28)19(26)25-10-4-5-16(25)18-22-11-15(23-18)13-6-8-14(21)9-7-13/h6-9,11-12,16-17H,4-5,10H2,1-3H3,(H,22,23)(H,27,28)/t16-,17-/m0/s1. The first-order valence-corrected chi connectivity index (χ1v) is 10.2. The number of H-pyrrole nitrogens is 1. The van der Waals surface area contributed by atoms with E-state index in [-0.39, 0.29) is 17.9 Å². The molecule has 0 aliphatic carbocycles. The molecule has 8 heteroatoms. The molecule has 0 unspecified atom stereocenters. The van der Waals surface area contributed by atoms with Gasteiger partial charge in [-0.15, -0.1) is 0 Å². The van der Waals surface area contributed by atoms with Crippen molar-refractivity contribution in [3.8, 4) is 11.3 Å². The average Bonchev–Trinajstić information content (AvgIpc) is 3.31. The number of imidazole rings is 1. The number of likely N-dealkylation sites (N-methyl/N-ethyl adjacent to an activating group) is 1. The van der Waals surface area contributed by atoms with E-state index in [0.717, 1.165) is 39.3 Å². The van der Waals surface area contributed by atoms with Crippen LogP contribution in [0.25, 0.3) is 11.3 Å². The number of carbonyl (C=O) groups excluding carboxylic acids is 1. The second-order valence-corrected chi connectivity index (χ2v) is 8.38. The van der Waals surface area contributed by atoms with E-state index in [9.17, 15) is 14.7 Å². The number of halogens is 1. The molecule has 2 atom stereocenters. The molecule has 2 amide bonds. The molecule has 1 aliphatic rings. The lowest BCUT2D eigenvalue weighted by molar-refractivity contribution is -0.138. The number of carbonyl (C=O) groups is 2. The Morgan fingerprint density at radius 3 is 2.61 bits per heavy atom. The molecular formula is C20H25BrN4O3. The molecule has 1 saturated heterocycles. The lowest BCUT2D eigenvalue weighted by Crippen LogP contribution is -2.51. The zero-order valence-electron chi connectivity index (χ0n) is 16.2. The number of aromatic nitrogens is 2. The van der Waals surface area contributed by atoms with Crippen LogP contribution in [0.1, 0.15) is 38.6 Å². The van der Waals surface area contributed by atoms with Gasteiger partial charge in [0.25, 0.3) is 0 Å². The molecule has 3 rings (SSSR count). The smallest absolute Gasteiger partial charge is 0.407 e.